The lowest BCUT2D eigenvalue weighted by molar-refractivity contribution is 0.0908. The highest BCUT2D eigenvalue weighted by Gasteiger charge is 2.34. The van der Waals surface area contributed by atoms with E-state index in [4.69, 9.17) is 17.7 Å². The van der Waals surface area contributed by atoms with Crippen molar-refractivity contribution in [1.29, 1.82) is 0 Å². The van der Waals surface area contributed by atoms with E-state index in [0.29, 0.717) is 35.3 Å². The molecule has 0 spiro atoms. The lowest BCUT2D eigenvalue weighted by Gasteiger charge is -2.23. The zero-order chi connectivity index (χ0) is 19.0. The van der Waals surface area contributed by atoms with Gasteiger partial charge < -0.3 is 4.74 Å². The van der Waals surface area contributed by atoms with Crippen molar-refractivity contribution in [3.63, 3.8) is 0 Å². The van der Waals surface area contributed by atoms with Crippen LogP contribution < -0.4 is 0 Å². The van der Waals surface area contributed by atoms with Gasteiger partial charge in [0.05, 0.1) is 7.39 Å². The van der Waals surface area contributed by atoms with Gasteiger partial charge in [0, 0.05) is 18.9 Å². The van der Waals surface area contributed by atoms with E-state index in [1.165, 1.54) is 4.90 Å². The molecule has 1 unspecified atom stereocenters. The number of rotatable bonds is 3. The fourth-order valence-corrected chi connectivity index (χ4v) is 3.97. The van der Waals surface area contributed by atoms with E-state index in [2.05, 4.69) is 25.9 Å². The van der Waals surface area contributed by atoms with Crippen LogP contribution in [0.4, 0.5) is 4.79 Å². The first-order chi connectivity index (χ1) is 13.0. The van der Waals surface area contributed by atoms with E-state index >= 15 is 0 Å². The maximum atomic E-state index is 12.7. The smallest absolute Gasteiger partial charge is 0.410 e. The van der Waals surface area contributed by atoms with Crippen LogP contribution in [0.5, 0.6) is 0 Å². The third kappa shape index (κ3) is 3.17. The quantitative estimate of drug-likeness (QED) is 0.601. The fraction of sp³-hybridized carbons (Fsp3) is 0.278. The first-order valence-corrected chi connectivity index (χ1v) is 9.34. The summed E-state index contributed by atoms with van der Waals surface area (Å²) in [4.78, 5) is 22.7. The van der Waals surface area contributed by atoms with E-state index in [9.17, 15) is 4.79 Å². The molecule has 3 aromatic rings. The second-order valence-electron chi connectivity index (χ2n) is 5.90. The van der Waals surface area contributed by atoms with Crippen LogP contribution in [0.3, 0.4) is 0 Å². The SMILES string of the molecule is [2H]C1(c2nc(Br)c3c(Cl)nccn23)CCCN1C(=O)OCc1ccccc1. The molecule has 26 heavy (non-hydrogen) atoms. The van der Waals surface area contributed by atoms with Crippen molar-refractivity contribution in [2.75, 3.05) is 6.54 Å². The molecule has 0 saturated carbocycles. The van der Waals surface area contributed by atoms with Gasteiger partial charge >= 0.3 is 6.09 Å². The molecule has 1 aromatic carbocycles. The summed E-state index contributed by atoms with van der Waals surface area (Å²) in [6.45, 7) is 0.594. The zero-order valence-electron chi connectivity index (χ0n) is 14.7. The van der Waals surface area contributed by atoms with Crippen LogP contribution in [0.2, 0.25) is 5.15 Å². The minimum atomic E-state index is -1.34. The summed E-state index contributed by atoms with van der Waals surface area (Å²) in [6.07, 6.45) is 3.85. The normalized spacial score (nSPS) is 20.4. The predicted molar refractivity (Wildman–Crippen MR) is 101 cm³/mol. The number of ether oxygens (including phenoxy) is 1. The van der Waals surface area contributed by atoms with E-state index in [1.54, 1.807) is 16.8 Å². The van der Waals surface area contributed by atoms with Gasteiger partial charge in [0.1, 0.15) is 22.6 Å². The Kier molecular flexibility index (Phi) is 4.48. The summed E-state index contributed by atoms with van der Waals surface area (Å²) >= 11 is 9.56. The van der Waals surface area contributed by atoms with E-state index in [1.807, 2.05) is 30.3 Å². The molecular formula is C18H16BrClN4O2. The number of nitrogens with zero attached hydrogens (tertiary/aromatic N) is 4. The molecule has 0 aliphatic carbocycles. The Bertz CT molecular complexity index is 1000. The number of fused-ring (bicyclic) bond motifs is 1. The molecule has 1 saturated heterocycles. The number of hydrogen-bond donors (Lipinski definition) is 0. The Balaban J connectivity index is 1.64. The van der Waals surface area contributed by atoms with Crippen LogP contribution in [0, 0.1) is 0 Å². The van der Waals surface area contributed by atoms with Crippen molar-refractivity contribution < 1.29 is 10.9 Å². The molecule has 2 aromatic heterocycles. The minimum absolute atomic E-state index is 0.161. The third-order valence-electron chi connectivity index (χ3n) is 4.27. The lowest BCUT2D eigenvalue weighted by Crippen LogP contribution is -2.32. The largest absolute Gasteiger partial charge is 0.445 e. The number of hydrogen-bond acceptors (Lipinski definition) is 4. The first kappa shape index (κ1) is 16.1. The molecule has 0 N–H and O–H groups in total. The molecule has 3 heterocycles. The molecular weight excluding hydrogens is 420 g/mol. The van der Waals surface area contributed by atoms with Gasteiger partial charge in [-0.3, -0.25) is 9.30 Å². The predicted octanol–water partition coefficient (Wildman–Crippen LogP) is 4.62. The number of aromatic nitrogens is 3. The molecule has 134 valence electrons. The summed E-state index contributed by atoms with van der Waals surface area (Å²) in [5.74, 6) is 0.405. The topological polar surface area (TPSA) is 59.7 Å². The number of benzene rings is 1. The van der Waals surface area contributed by atoms with Gasteiger partial charge in [0.25, 0.3) is 0 Å². The zero-order valence-corrected chi connectivity index (χ0v) is 16.1. The molecule has 6 nitrogen and oxygen atoms in total. The molecule has 4 rings (SSSR count). The Morgan fingerprint density at radius 2 is 2.23 bits per heavy atom. The molecule has 1 amide bonds. The average Bonchev–Trinajstić information content (AvgIpc) is 3.23. The fourth-order valence-electron chi connectivity index (χ4n) is 3.07. The molecule has 1 fully saturated rings. The van der Waals surface area contributed by atoms with Crippen LogP contribution in [0.1, 0.15) is 31.6 Å². The number of likely N-dealkylation sites (tertiary alicyclic amines) is 1. The molecule has 1 aliphatic heterocycles. The number of imidazole rings is 1. The van der Waals surface area contributed by atoms with Gasteiger partial charge in [-0.05, 0) is 34.3 Å². The standard InChI is InChI=1S/C18H16BrClN4O2/c19-15-14-16(20)21-8-10-24(14)17(22-15)13-7-4-9-23(13)18(25)26-11-12-5-2-1-3-6-12/h1-3,5-6,8,10,13H,4,7,9,11H2/i13D. The second kappa shape index (κ2) is 7.25. The third-order valence-corrected chi connectivity index (χ3v) is 5.10. The van der Waals surface area contributed by atoms with Crippen LogP contribution in [-0.2, 0) is 11.3 Å². The highest BCUT2D eigenvalue weighted by atomic mass is 79.9. The minimum Gasteiger partial charge on any atom is -0.445 e. The van der Waals surface area contributed by atoms with Crippen molar-refractivity contribution in [3.05, 3.63) is 63.9 Å². The van der Waals surface area contributed by atoms with Gasteiger partial charge in [-0.15, -0.1) is 0 Å². The van der Waals surface area contributed by atoms with Gasteiger partial charge in [0.15, 0.2) is 5.15 Å². The van der Waals surface area contributed by atoms with E-state index in [0.717, 1.165) is 5.56 Å². The van der Waals surface area contributed by atoms with Crippen LogP contribution >= 0.6 is 27.5 Å². The van der Waals surface area contributed by atoms with Crippen LogP contribution in [-0.4, -0.2) is 31.9 Å². The monoisotopic (exact) mass is 435 g/mol. The van der Waals surface area contributed by atoms with Crippen molar-refractivity contribution >= 4 is 39.1 Å². The number of amides is 1. The Hall–Kier alpha value is -2.12. The number of carbonyl (C=O) groups is 1. The molecule has 0 bridgehead atoms. The number of halogens is 2. The maximum absolute atomic E-state index is 12.7. The highest BCUT2D eigenvalue weighted by Crippen LogP contribution is 2.35. The van der Waals surface area contributed by atoms with Gasteiger partial charge in [0.2, 0.25) is 0 Å². The lowest BCUT2D eigenvalue weighted by atomic mass is 10.2. The van der Waals surface area contributed by atoms with Gasteiger partial charge in [-0.2, -0.15) is 0 Å². The van der Waals surface area contributed by atoms with E-state index in [-0.39, 0.29) is 11.8 Å². The average molecular weight is 437 g/mol. The summed E-state index contributed by atoms with van der Waals surface area (Å²) in [5, 5.41) is 0.280. The summed E-state index contributed by atoms with van der Waals surface area (Å²) in [5.41, 5.74) is 1.47. The molecule has 8 heteroatoms. The maximum Gasteiger partial charge on any atom is 0.410 e. The summed E-state index contributed by atoms with van der Waals surface area (Å²) in [6, 6.07) is 8.12. The molecule has 1 atom stereocenters. The van der Waals surface area contributed by atoms with Gasteiger partial charge in [-0.1, -0.05) is 41.9 Å². The van der Waals surface area contributed by atoms with Crippen molar-refractivity contribution in [2.24, 2.45) is 0 Å². The second-order valence-corrected chi connectivity index (χ2v) is 7.01. The molecule has 1 aliphatic rings. The van der Waals surface area contributed by atoms with Gasteiger partial charge in [-0.25, -0.2) is 14.8 Å². The van der Waals surface area contributed by atoms with E-state index < -0.39 is 12.1 Å². The highest BCUT2D eigenvalue weighted by molar-refractivity contribution is 9.10. The summed E-state index contributed by atoms with van der Waals surface area (Å²) < 4.78 is 16.7. The first-order valence-electron chi connectivity index (χ1n) is 8.67. The Labute approximate surface area is 165 Å². The summed E-state index contributed by atoms with van der Waals surface area (Å²) in [7, 11) is 0. The van der Waals surface area contributed by atoms with Crippen LogP contribution in [0.15, 0.2) is 47.3 Å². The van der Waals surface area contributed by atoms with Crippen molar-refractivity contribution in [2.45, 2.75) is 25.5 Å². The van der Waals surface area contributed by atoms with Crippen molar-refractivity contribution in [1.82, 2.24) is 19.3 Å². The Morgan fingerprint density at radius 1 is 1.42 bits per heavy atom. The van der Waals surface area contributed by atoms with Crippen LogP contribution in [0.25, 0.3) is 5.52 Å². The number of carbonyl (C=O) groups excluding carboxylic acids is 1. The Morgan fingerprint density at radius 3 is 3.04 bits per heavy atom. The van der Waals surface area contributed by atoms with Crippen molar-refractivity contribution in [3.8, 4) is 0 Å². The molecule has 0 radical (unpaired) electrons.